The highest BCUT2D eigenvalue weighted by molar-refractivity contribution is 6.38. The van der Waals surface area contributed by atoms with E-state index in [0.717, 1.165) is 17.5 Å². The summed E-state index contributed by atoms with van der Waals surface area (Å²) in [4.78, 5) is 38.3. The molecule has 3 aromatic heterocycles. The van der Waals surface area contributed by atoms with Crippen molar-refractivity contribution in [1.82, 2.24) is 29.1 Å². The number of halogens is 2. The summed E-state index contributed by atoms with van der Waals surface area (Å²) in [5, 5.41) is 17.5. The normalized spacial score (nSPS) is 13.7. The molecule has 12 heteroatoms. The van der Waals surface area contributed by atoms with Gasteiger partial charge >= 0.3 is 5.69 Å². The van der Waals surface area contributed by atoms with E-state index < -0.39 is 16.9 Å². The van der Waals surface area contributed by atoms with Crippen LogP contribution < -0.4 is 16.8 Å². The summed E-state index contributed by atoms with van der Waals surface area (Å²) < 4.78 is 4.08. The monoisotopic (exact) mass is 483 g/mol. The van der Waals surface area contributed by atoms with E-state index in [9.17, 15) is 14.4 Å². The van der Waals surface area contributed by atoms with Gasteiger partial charge in [0.15, 0.2) is 0 Å². The first kappa shape index (κ1) is 21.2. The molecule has 4 aromatic rings. The Bertz CT molecular complexity index is 1610. The lowest BCUT2D eigenvalue weighted by Crippen LogP contribution is -2.33. The Morgan fingerprint density at radius 3 is 2.45 bits per heavy atom. The Hall–Kier alpha value is -3.68. The van der Waals surface area contributed by atoms with Gasteiger partial charge in [0.1, 0.15) is 11.8 Å². The minimum Gasteiger partial charge on any atom is -0.305 e. The summed E-state index contributed by atoms with van der Waals surface area (Å²) in [6, 6.07) is 7.63. The van der Waals surface area contributed by atoms with Crippen molar-refractivity contribution in [3.63, 3.8) is 0 Å². The standard InChI is InChI=1S/C21H15Cl2N7O3/c22-13-6-12(29-21(33)26-20(32)15(8-24)27-29)7-14(23)19(13)30-16-4-5-18(31)28(17(16)9-25-30)10-11-2-1-3-11/h4-7,9,11H,1-3,10H2,(H,26,32,33). The van der Waals surface area contributed by atoms with Gasteiger partial charge in [-0.15, -0.1) is 5.10 Å². The number of aromatic nitrogens is 6. The highest BCUT2D eigenvalue weighted by Gasteiger charge is 2.21. The van der Waals surface area contributed by atoms with Crippen molar-refractivity contribution < 1.29 is 0 Å². The van der Waals surface area contributed by atoms with Crippen LogP contribution in [0.3, 0.4) is 0 Å². The predicted molar refractivity (Wildman–Crippen MR) is 121 cm³/mol. The molecule has 0 saturated heterocycles. The maximum absolute atomic E-state index is 12.5. The second-order valence-corrected chi connectivity index (χ2v) is 8.61. The van der Waals surface area contributed by atoms with E-state index in [1.165, 1.54) is 29.3 Å². The molecule has 5 rings (SSSR count). The molecule has 1 fully saturated rings. The Labute approximate surface area is 195 Å². The first-order chi connectivity index (χ1) is 15.9. The van der Waals surface area contributed by atoms with Crippen molar-refractivity contribution in [2.45, 2.75) is 25.8 Å². The summed E-state index contributed by atoms with van der Waals surface area (Å²) in [5.41, 5.74) is -0.480. The van der Waals surface area contributed by atoms with Crippen LogP contribution in [0.25, 0.3) is 22.4 Å². The zero-order valence-electron chi connectivity index (χ0n) is 17.0. The van der Waals surface area contributed by atoms with Crippen molar-refractivity contribution in [2.24, 2.45) is 5.92 Å². The Morgan fingerprint density at radius 1 is 1.09 bits per heavy atom. The fraction of sp³-hybridized carbons (Fsp3) is 0.238. The van der Waals surface area contributed by atoms with Crippen molar-refractivity contribution in [2.75, 3.05) is 0 Å². The van der Waals surface area contributed by atoms with E-state index >= 15 is 0 Å². The predicted octanol–water partition coefficient (Wildman–Crippen LogP) is 2.40. The molecule has 0 spiro atoms. The van der Waals surface area contributed by atoms with Gasteiger partial charge in [-0.2, -0.15) is 15.0 Å². The lowest BCUT2D eigenvalue weighted by Gasteiger charge is -2.26. The molecule has 3 heterocycles. The lowest BCUT2D eigenvalue weighted by atomic mass is 9.85. The first-order valence-electron chi connectivity index (χ1n) is 10.1. The van der Waals surface area contributed by atoms with Crippen LogP contribution in [0.1, 0.15) is 25.0 Å². The number of pyridine rings is 1. The topological polar surface area (TPSA) is 131 Å². The third-order valence-corrected chi connectivity index (χ3v) is 6.36. The van der Waals surface area contributed by atoms with Crippen LogP contribution in [0.15, 0.2) is 44.8 Å². The number of nitrogens with one attached hydrogen (secondary N) is 1. The minimum absolute atomic E-state index is 0.0988. The van der Waals surface area contributed by atoms with Gasteiger partial charge in [0.05, 0.1) is 33.0 Å². The van der Waals surface area contributed by atoms with Gasteiger partial charge < -0.3 is 4.57 Å². The van der Waals surface area contributed by atoms with Gasteiger partial charge in [0.25, 0.3) is 11.1 Å². The highest BCUT2D eigenvalue weighted by atomic mass is 35.5. The third kappa shape index (κ3) is 3.55. The van der Waals surface area contributed by atoms with Crippen LogP contribution in [0.5, 0.6) is 0 Å². The minimum atomic E-state index is -0.886. The number of hydrogen-bond acceptors (Lipinski definition) is 6. The van der Waals surface area contributed by atoms with Gasteiger partial charge in [-0.3, -0.25) is 14.6 Å². The fourth-order valence-electron chi connectivity index (χ4n) is 3.90. The molecule has 1 N–H and O–H groups in total. The van der Waals surface area contributed by atoms with Crippen molar-refractivity contribution in [3.8, 4) is 17.4 Å². The molecule has 1 aliphatic rings. The third-order valence-electron chi connectivity index (χ3n) is 5.78. The average Bonchev–Trinajstić information content (AvgIpc) is 3.15. The largest absolute Gasteiger partial charge is 0.349 e. The van der Waals surface area contributed by atoms with Gasteiger partial charge in [0.2, 0.25) is 5.69 Å². The molecule has 1 saturated carbocycles. The fourth-order valence-corrected chi connectivity index (χ4v) is 4.53. The van der Waals surface area contributed by atoms with Gasteiger partial charge in [-0.05, 0) is 37.0 Å². The quantitative estimate of drug-likeness (QED) is 0.473. The summed E-state index contributed by atoms with van der Waals surface area (Å²) >= 11 is 13.1. The van der Waals surface area contributed by atoms with E-state index in [0.29, 0.717) is 29.2 Å². The number of hydrogen-bond donors (Lipinski definition) is 1. The number of aromatic amines is 1. The molecule has 33 heavy (non-hydrogen) atoms. The maximum atomic E-state index is 12.5. The van der Waals surface area contributed by atoms with E-state index in [1.807, 2.05) is 4.98 Å². The molecule has 0 amide bonds. The summed E-state index contributed by atoms with van der Waals surface area (Å²) in [6.07, 6.45) is 4.97. The molecular weight excluding hydrogens is 469 g/mol. The van der Waals surface area contributed by atoms with Crippen LogP contribution in [-0.2, 0) is 6.54 Å². The van der Waals surface area contributed by atoms with E-state index in [4.69, 9.17) is 28.5 Å². The summed E-state index contributed by atoms with van der Waals surface area (Å²) in [5.74, 6) is 0.476. The summed E-state index contributed by atoms with van der Waals surface area (Å²) in [6.45, 7) is 0.629. The van der Waals surface area contributed by atoms with Crippen LogP contribution in [0.4, 0.5) is 0 Å². The molecule has 166 valence electrons. The van der Waals surface area contributed by atoms with Gasteiger partial charge in [0, 0.05) is 12.6 Å². The van der Waals surface area contributed by atoms with E-state index in [2.05, 4.69) is 10.2 Å². The molecule has 10 nitrogen and oxygen atoms in total. The van der Waals surface area contributed by atoms with Gasteiger partial charge in [-0.1, -0.05) is 29.6 Å². The Kier molecular flexibility index (Phi) is 5.15. The zero-order valence-corrected chi connectivity index (χ0v) is 18.5. The van der Waals surface area contributed by atoms with E-state index in [1.54, 1.807) is 22.9 Å². The second kappa shape index (κ2) is 8.03. The highest BCUT2D eigenvalue weighted by Crippen LogP contribution is 2.33. The summed E-state index contributed by atoms with van der Waals surface area (Å²) in [7, 11) is 0. The first-order valence-corrected chi connectivity index (χ1v) is 10.8. The van der Waals surface area contributed by atoms with Crippen molar-refractivity contribution in [3.05, 3.63) is 77.4 Å². The number of nitriles is 1. The van der Waals surface area contributed by atoms with Crippen molar-refractivity contribution >= 4 is 34.2 Å². The van der Waals surface area contributed by atoms with Crippen LogP contribution in [0.2, 0.25) is 10.0 Å². The number of benzene rings is 1. The molecule has 1 aliphatic carbocycles. The molecule has 0 unspecified atom stereocenters. The van der Waals surface area contributed by atoms with Crippen LogP contribution in [0, 0.1) is 17.2 Å². The average molecular weight is 484 g/mol. The lowest BCUT2D eigenvalue weighted by molar-refractivity contribution is 0.277. The van der Waals surface area contributed by atoms with E-state index in [-0.39, 0.29) is 21.3 Å². The van der Waals surface area contributed by atoms with Crippen molar-refractivity contribution in [1.29, 1.82) is 5.26 Å². The van der Waals surface area contributed by atoms with Crippen LogP contribution in [-0.4, -0.2) is 29.1 Å². The number of nitrogens with zero attached hydrogens (tertiary/aromatic N) is 6. The number of fused-ring (bicyclic) bond motifs is 1. The smallest absolute Gasteiger partial charge is 0.305 e. The SMILES string of the molecule is N#Cc1nn(-c2cc(Cl)c(-n3ncc4c3ccc(=O)n4CC3CCC3)c(Cl)c2)c(=O)[nH]c1=O. The second-order valence-electron chi connectivity index (χ2n) is 7.80. The van der Waals surface area contributed by atoms with Gasteiger partial charge in [-0.25, -0.2) is 9.48 Å². The maximum Gasteiger partial charge on any atom is 0.349 e. The molecule has 0 aliphatic heterocycles. The molecule has 0 radical (unpaired) electrons. The Balaban J connectivity index is 1.64. The molecule has 0 bridgehead atoms. The molecule has 1 aromatic carbocycles. The van der Waals surface area contributed by atoms with Crippen LogP contribution >= 0.6 is 23.2 Å². The molecule has 0 atom stereocenters. The molecular formula is C21H15Cl2N7O3. The number of rotatable bonds is 4. The zero-order chi connectivity index (χ0) is 23.3. The Morgan fingerprint density at radius 2 is 1.82 bits per heavy atom. The number of H-pyrrole nitrogens is 1.